The first kappa shape index (κ1) is 21.8. The lowest BCUT2D eigenvalue weighted by atomic mass is 9.90. The fourth-order valence-corrected chi connectivity index (χ4v) is 4.22. The number of amides is 1. The van der Waals surface area contributed by atoms with Crippen molar-refractivity contribution in [2.45, 2.75) is 26.0 Å². The number of fused-ring (bicyclic) bond motifs is 1. The second-order valence-electron chi connectivity index (χ2n) is 7.65. The van der Waals surface area contributed by atoms with Gasteiger partial charge in [-0.3, -0.25) is 4.79 Å². The van der Waals surface area contributed by atoms with Crippen molar-refractivity contribution in [2.24, 2.45) is 0 Å². The van der Waals surface area contributed by atoms with Gasteiger partial charge in [-0.2, -0.15) is 0 Å². The van der Waals surface area contributed by atoms with Gasteiger partial charge < -0.3 is 14.7 Å². The molecule has 1 aliphatic heterocycles. The molecule has 0 atom stereocenters. The van der Waals surface area contributed by atoms with Crippen LogP contribution in [0.1, 0.15) is 22.3 Å². The molecule has 0 saturated heterocycles. The summed E-state index contributed by atoms with van der Waals surface area (Å²) in [5, 5.41) is 9.37. The van der Waals surface area contributed by atoms with Crippen molar-refractivity contribution in [3.05, 3.63) is 93.8 Å². The zero-order valence-electron chi connectivity index (χ0n) is 17.2. The van der Waals surface area contributed by atoms with Crippen LogP contribution in [0.2, 0.25) is 5.02 Å². The Labute approximate surface area is 190 Å². The van der Waals surface area contributed by atoms with E-state index in [-0.39, 0.29) is 25.4 Å². The molecule has 1 amide bonds. The Kier molecular flexibility index (Phi) is 6.42. The van der Waals surface area contributed by atoms with E-state index in [1.807, 2.05) is 30.3 Å². The van der Waals surface area contributed by atoms with Gasteiger partial charge in [-0.1, -0.05) is 60.1 Å². The molecule has 5 nitrogen and oxygen atoms in total. The van der Waals surface area contributed by atoms with Crippen molar-refractivity contribution < 1.29 is 23.8 Å². The summed E-state index contributed by atoms with van der Waals surface area (Å²) in [6, 6.07) is 17.5. The maximum absolute atomic E-state index is 14.5. The van der Waals surface area contributed by atoms with Gasteiger partial charge in [0.25, 0.3) is 0 Å². The highest BCUT2D eigenvalue weighted by Crippen LogP contribution is 2.36. The van der Waals surface area contributed by atoms with Crippen molar-refractivity contribution in [3.63, 3.8) is 0 Å². The predicted octanol–water partition coefficient (Wildman–Crippen LogP) is 5.47. The molecular weight excluding hydrogens is 433 g/mol. The quantitative estimate of drug-likeness (QED) is 0.556. The molecule has 0 radical (unpaired) electrons. The number of hydrogen-bond donors (Lipinski definition) is 1. The monoisotopic (exact) mass is 453 g/mol. The molecule has 164 valence electrons. The maximum atomic E-state index is 14.5. The Hall–Kier alpha value is -3.38. The van der Waals surface area contributed by atoms with Gasteiger partial charge in [0.15, 0.2) is 0 Å². The van der Waals surface area contributed by atoms with E-state index in [2.05, 4.69) is 0 Å². The van der Waals surface area contributed by atoms with E-state index >= 15 is 0 Å². The van der Waals surface area contributed by atoms with Gasteiger partial charge in [-0.05, 0) is 46.4 Å². The van der Waals surface area contributed by atoms with E-state index in [0.717, 1.165) is 5.56 Å². The summed E-state index contributed by atoms with van der Waals surface area (Å²) in [5.74, 6) is -1.27. The number of carboxylic acids is 1. The molecule has 1 aliphatic rings. The number of rotatable bonds is 5. The third-order valence-corrected chi connectivity index (χ3v) is 5.81. The molecular formula is C25H21ClFNO4. The average Bonchev–Trinajstić information content (AvgIpc) is 2.78. The van der Waals surface area contributed by atoms with Crippen LogP contribution in [0, 0.1) is 5.82 Å². The highest BCUT2D eigenvalue weighted by atomic mass is 35.5. The summed E-state index contributed by atoms with van der Waals surface area (Å²) in [6.45, 7) is 0.714. The van der Waals surface area contributed by atoms with Crippen LogP contribution in [0.25, 0.3) is 11.1 Å². The molecule has 3 aromatic rings. The first-order chi connectivity index (χ1) is 15.4. The first-order valence-corrected chi connectivity index (χ1v) is 10.6. The second kappa shape index (κ2) is 9.40. The molecule has 4 rings (SSSR count). The normalized spacial score (nSPS) is 12.9. The topological polar surface area (TPSA) is 66.8 Å². The molecule has 1 heterocycles. The van der Waals surface area contributed by atoms with Gasteiger partial charge in [0, 0.05) is 23.7 Å². The Bertz CT molecular complexity index is 1170. The Morgan fingerprint density at radius 1 is 1.00 bits per heavy atom. The van der Waals surface area contributed by atoms with Crippen LogP contribution in [-0.2, 0) is 35.5 Å². The van der Waals surface area contributed by atoms with E-state index < -0.39 is 12.1 Å². The zero-order chi connectivity index (χ0) is 22.7. The number of nitrogens with zero attached hydrogens (tertiary/aromatic N) is 1. The number of hydrogen-bond acceptors (Lipinski definition) is 3. The molecule has 1 N–H and O–H groups in total. The summed E-state index contributed by atoms with van der Waals surface area (Å²) in [5.41, 5.74) is 4.08. The van der Waals surface area contributed by atoms with Crippen LogP contribution in [0.15, 0.2) is 60.7 Å². The van der Waals surface area contributed by atoms with Crippen molar-refractivity contribution in [1.29, 1.82) is 0 Å². The molecule has 0 spiro atoms. The Balaban J connectivity index is 1.58. The van der Waals surface area contributed by atoms with Gasteiger partial charge in [-0.15, -0.1) is 0 Å². The number of carbonyl (C=O) groups is 2. The molecule has 32 heavy (non-hydrogen) atoms. The molecule has 3 aromatic carbocycles. The van der Waals surface area contributed by atoms with Crippen LogP contribution in [-0.4, -0.2) is 28.6 Å². The van der Waals surface area contributed by atoms with Crippen molar-refractivity contribution in [2.75, 3.05) is 6.54 Å². The lowest BCUT2D eigenvalue weighted by molar-refractivity contribution is -0.136. The summed E-state index contributed by atoms with van der Waals surface area (Å²) in [6.07, 6.45) is -0.232. The number of carbonyl (C=O) groups excluding carboxylic acids is 1. The van der Waals surface area contributed by atoms with Gasteiger partial charge >= 0.3 is 12.1 Å². The minimum Gasteiger partial charge on any atom is -0.481 e. The third kappa shape index (κ3) is 4.75. The van der Waals surface area contributed by atoms with Crippen LogP contribution in [0.4, 0.5) is 9.18 Å². The third-order valence-electron chi connectivity index (χ3n) is 5.50. The summed E-state index contributed by atoms with van der Waals surface area (Å²) >= 11 is 6.45. The largest absolute Gasteiger partial charge is 0.481 e. The number of benzene rings is 3. The van der Waals surface area contributed by atoms with Gasteiger partial charge in [0.1, 0.15) is 12.4 Å². The average molecular weight is 454 g/mol. The summed E-state index contributed by atoms with van der Waals surface area (Å²) < 4.78 is 20.0. The van der Waals surface area contributed by atoms with Gasteiger partial charge in [-0.25, -0.2) is 9.18 Å². The Morgan fingerprint density at radius 2 is 1.75 bits per heavy atom. The molecule has 0 aliphatic carbocycles. The number of aliphatic carboxylic acids is 1. The first-order valence-electron chi connectivity index (χ1n) is 10.2. The molecule has 0 bridgehead atoms. The van der Waals surface area contributed by atoms with Crippen molar-refractivity contribution in [1.82, 2.24) is 4.90 Å². The lowest BCUT2D eigenvalue weighted by Crippen LogP contribution is -2.37. The highest BCUT2D eigenvalue weighted by Gasteiger charge is 2.27. The fourth-order valence-electron chi connectivity index (χ4n) is 3.91. The van der Waals surface area contributed by atoms with E-state index in [4.69, 9.17) is 21.4 Å². The van der Waals surface area contributed by atoms with Gasteiger partial charge in [0.2, 0.25) is 0 Å². The number of carboxylic acid groups (broad SMARTS) is 1. The van der Waals surface area contributed by atoms with Crippen molar-refractivity contribution >= 4 is 23.7 Å². The van der Waals surface area contributed by atoms with E-state index in [9.17, 15) is 14.0 Å². The molecule has 0 fully saturated rings. The Morgan fingerprint density at radius 3 is 2.47 bits per heavy atom. The SMILES string of the molecule is O=C(O)Cc1ccc(-c2ccc(F)c3c2CN(C(=O)OCc2ccccc2)CC3)c(Cl)c1. The van der Waals surface area contributed by atoms with Crippen LogP contribution in [0.3, 0.4) is 0 Å². The van der Waals surface area contributed by atoms with E-state index in [0.29, 0.717) is 45.8 Å². The zero-order valence-corrected chi connectivity index (χ0v) is 17.9. The number of halogens is 2. The molecule has 0 aromatic heterocycles. The maximum Gasteiger partial charge on any atom is 0.410 e. The summed E-state index contributed by atoms with van der Waals surface area (Å²) in [7, 11) is 0. The minimum atomic E-state index is -0.947. The standard InChI is InChI=1S/C25H21ClFNO4/c26-22-12-17(13-24(29)30)6-7-19(22)18-8-9-23(27)20-10-11-28(14-21(18)20)25(31)32-15-16-4-2-1-3-5-16/h1-9,12H,10-11,13-15H2,(H,29,30). The second-order valence-corrected chi connectivity index (χ2v) is 8.06. The van der Waals surface area contributed by atoms with Crippen LogP contribution in [0.5, 0.6) is 0 Å². The fraction of sp³-hybridized carbons (Fsp3) is 0.200. The van der Waals surface area contributed by atoms with Crippen LogP contribution < -0.4 is 0 Å². The molecule has 0 saturated carbocycles. The van der Waals surface area contributed by atoms with E-state index in [1.54, 1.807) is 29.2 Å². The molecule has 0 unspecified atom stereocenters. The van der Waals surface area contributed by atoms with Crippen LogP contribution >= 0.6 is 11.6 Å². The van der Waals surface area contributed by atoms with E-state index in [1.165, 1.54) is 6.07 Å². The highest BCUT2D eigenvalue weighted by molar-refractivity contribution is 6.33. The predicted molar refractivity (Wildman–Crippen MR) is 119 cm³/mol. The van der Waals surface area contributed by atoms with Crippen molar-refractivity contribution in [3.8, 4) is 11.1 Å². The smallest absolute Gasteiger partial charge is 0.410 e. The number of ether oxygens (including phenoxy) is 1. The van der Waals surface area contributed by atoms with Gasteiger partial charge in [0.05, 0.1) is 6.42 Å². The molecule has 7 heteroatoms. The summed E-state index contributed by atoms with van der Waals surface area (Å²) in [4.78, 5) is 25.2. The minimum absolute atomic E-state index is 0.136. The lowest BCUT2D eigenvalue weighted by Gasteiger charge is -2.30.